The second-order valence-electron chi connectivity index (χ2n) is 17.4. The van der Waals surface area contributed by atoms with Crippen LogP contribution in [0.5, 0.6) is 0 Å². The Morgan fingerprint density at radius 1 is 0.444 bits per heavy atom. The fraction of sp³-hybridized carbons (Fsp3) is 0.0328. The van der Waals surface area contributed by atoms with Gasteiger partial charge in [0.05, 0.1) is 16.4 Å². The first-order chi connectivity index (χ1) is 31.2. The van der Waals surface area contributed by atoms with Crippen molar-refractivity contribution in [2.24, 2.45) is 5.92 Å². The van der Waals surface area contributed by atoms with Gasteiger partial charge >= 0.3 is 0 Å². The molecule has 2 aliphatic carbocycles. The van der Waals surface area contributed by atoms with Gasteiger partial charge in [0.25, 0.3) is 5.56 Å². The maximum Gasteiger partial charge on any atom is 0.263 e. The fourth-order valence-electron chi connectivity index (χ4n) is 11.6. The average Bonchev–Trinajstić information content (AvgIpc) is 3.84. The Hall–Kier alpha value is -8.07. The number of rotatable bonds is 4. The molecule has 0 aliphatic heterocycles. The molecule has 2 unspecified atom stereocenters. The van der Waals surface area contributed by atoms with E-state index in [-0.39, 0.29) is 17.4 Å². The molecule has 0 saturated heterocycles. The van der Waals surface area contributed by atoms with E-state index in [1.165, 1.54) is 82.4 Å². The highest BCUT2D eigenvalue weighted by Crippen LogP contribution is 2.51. The van der Waals surface area contributed by atoms with Gasteiger partial charge < -0.3 is 0 Å². The van der Waals surface area contributed by atoms with Crippen molar-refractivity contribution in [3.05, 3.63) is 251 Å². The fourth-order valence-corrected chi connectivity index (χ4v) is 11.6. The van der Waals surface area contributed by atoms with Crippen molar-refractivity contribution in [3.63, 3.8) is 0 Å². The highest BCUT2D eigenvalue weighted by Gasteiger charge is 2.35. The van der Waals surface area contributed by atoms with Gasteiger partial charge in [-0.2, -0.15) is 0 Å². The summed E-state index contributed by atoms with van der Waals surface area (Å²) in [6.07, 6.45) is 9.17. The lowest BCUT2D eigenvalue weighted by molar-refractivity contribution is 0.649. The average molecular weight is 800 g/mol. The first-order valence-electron chi connectivity index (χ1n) is 22.0. The first kappa shape index (κ1) is 34.6. The van der Waals surface area contributed by atoms with Crippen molar-refractivity contribution >= 4 is 75.9 Å². The maximum atomic E-state index is 13.8. The molecule has 0 fully saturated rings. The van der Waals surface area contributed by atoms with Crippen LogP contribution in [0.15, 0.2) is 223 Å². The third kappa shape index (κ3) is 4.81. The van der Waals surface area contributed by atoms with Crippen LogP contribution in [-0.4, -0.2) is 4.40 Å². The molecule has 0 N–H and O–H groups in total. The molecule has 0 spiro atoms. The van der Waals surface area contributed by atoms with E-state index >= 15 is 0 Å². The second kappa shape index (κ2) is 13.0. The van der Waals surface area contributed by atoms with Crippen molar-refractivity contribution < 1.29 is 0 Å². The summed E-state index contributed by atoms with van der Waals surface area (Å²) >= 11 is 0. The number of fused-ring (bicyclic) bond motifs is 8. The van der Waals surface area contributed by atoms with Crippen LogP contribution >= 0.6 is 0 Å². The minimum absolute atomic E-state index is 0.0579. The van der Waals surface area contributed by atoms with Crippen molar-refractivity contribution in [1.29, 1.82) is 0 Å². The molecule has 2 nitrogen and oxygen atoms in total. The Morgan fingerprint density at radius 2 is 1.08 bits per heavy atom. The lowest BCUT2D eigenvalue weighted by Crippen LogP contribution is -2.22. The highest BCUT2D eigenvalue weighted by molar-refractivity contribution is 6.26. The summed E-state index contributed by atoms with van der Waals surface area (Å²) in [5.74, 6) is 0.435. The lowest BCUT2D eigenvalue weighted by Gasteiger charge is -2.37. The Bertz CT molecular complexity index is 3990. The molecule has 0 saturated carbocycles. The van der Waals surface area contributed by atoms with Crippen molar-refractivity contribution in [2.75, 3.05) is 0 Å². The van der Waals surface area contributed by atoms with Crippen LogP contribution in [0.25, 0.3) is 98.1 Å². The molecule has 2 atom stereocenters. The zero-order valence-electron chi connectivity index (χ0n) is 34.2. The molecule has 10 aromatic carbocycles. The van der Waals surface area contributed by atoms with Crippen LogP contribution in [0.2, 0.25) is 0 Å². The van der Waals surface area contributed by atoms with Crippen LogP contribution < -0.4 is 5.56 Å². The van der Waals surface area contributed by atoms with Gasteiger partial charge in [-0.05, 0) is 112 Å². The minimum Gasteiger partial charge on any atom is -0.275 e. The van der Waals surface area contributed by atoms with E-state index in [4.69, 9.17) is 0 Å². The third-order valence-electron chi connectivity index (χ3n) is 14.3. The van der Waals surface area contributed by atoms with Gasteiger partial charge in [-0.3, -0.25) is 9.20 Å². The normalized spacial score (nSPS) is 16.1. The van der Waals surface area contributed by atoms with Crippen molar-refractivity contribution in [1.82, 2.24) is 4.40 Å². The molecule has 2 aromatic heterocycles. The van der Waals surface area contributed by atoms with E-state index in [2.05, 4.69) is 200 Å². The molecule has 0 bridgehead atoms. The molecule has 2 heteroatoms. The number of hydrogen-bond donors (Lipinski definition) is 0. The quantitative estimate of drug-likeness (QED) is 0.163. The Morgan fingerprint density at radius 3 is 1.87 bits per heavy atom. The largest absolute Gasteiger partial charge is 0.275 e. The number of allylic oxidation sites excluding steroid dienone is 5. The molecular formula is C61H37NO. The Balaban J connectivity index is 0.925. The van der Waals surface area contributed by atoms with Gasteiger partial charge in [-0.1, -0.05) is 194 Å². The number of nitrogens with zero attached hydrogens (tertiary/aromatic N) is 1. The topological polar surface area (TPSA) is 21.5 Å². The SMILES string of the molecule is O=c1c2cccc3ccc4c5cc(-c6c7ccccc7c(-c7ccc(C8=C9C=CC=CC9C(c9ccc%10ccccc%10c9)c9ccccc98)cc7)c7ccccc67)ccc5n1c4c32. The van der Waals surface area contributed by atoms with Gasteiger partial charge in [-0.25, -0.2) is 0 Å². The van der Waals surface area contributed by atoms with Crippen molar-refractivity contribution in [3.8, 4) is 22.3 Å². The lowest BCUT2D eigenvalue weighted by atomic mass is 9.66. The van der Waals surface area contributed by atoms with Crippen LogP contribution in [0.4, 0.5) is 0 Å². The zero-order chi connectivity index (χ0) is 41.3. The van der Waals surface area contributed by atoms with E-state index in [1.54, 1.807) is 0 Å². The van der Waals surface area contributed by atoms with Gasteiger partial charge in [0.2, 0.25) is 0 Å². The number of aromatic nitrogens is 1. The van der Waals surface area contributed by atoms with E-state index < -0.39 is 0 Å². The molecule has 63 heavy (non-hydrogen) atoms. The summed E-state index contributed by atoms with van der Waals surface area (Å²) in [6, 6.07) is 68.9. The minimum atomic E-state index is 0.0579. The van der Waals surface area contributed by atoms with E-state index in [9.17, 15) is 4.79 Å². The molecule has 14 rings (SSSR count). The predicted octanol–water partition coefficient (Wildman–Crippen LogP) is 15.1. The van der Waals surface area contributed by atoms with Crippen LogP contribution in [0.3, 0.4) is 0 Å². The number of hydrogen-bond acceptors (Lipinski definition) is 1. The van der Waals surface area contributed by atoms with E-state index in [1.807, 2.05) is 16.5 Å². The molecular weight excluding hydrogens is 763 g/mol. The Labute approximate surface area is 363 Å². The van der Waals surface area contributed by atoms with Crippen molar-refractivity contribution in [2.45, 2.75) is 5.92 Å². The molecule has 0 amide bonds. The van der Waals surface area contributed by atoms with Crippen LogP contribution in [0.1, 0.15) is 28.2 Å². The summed E-state index contributed by atoms with van der Waals surface area (Å²) in [4.78, 5) is 13.8. The van der Waals surface area contributed by atoms with Crippen LogP contribution in [0, 0.1) is 5.92 Å². The zero-order valence-corrected chi connectivity index (χ0v) is 34.2. The molecule has 2 aliphatic rings. The molecule has 12 aromatic rings. The van der Waals surface area contributed by atoms with E-state index in [0.717, 1.165) is 43.5 Å². The number of benzene rings is 10. The van der Waals surface area contributed by atoms with Gasteiger partial charge in [0.1, 0.15) is 0 Å². The summed E-state index contributed by atoms with van der Waals surface area (Å²) in [7, 11) is 0. The van der Waals surface area contributed by atoms with Gasteiger partial charge in [0.15, 0.2) is 0 Å². The predicted molar refractivity (Wildman–Crippen MR) is 264 cm³/mol. The first-order valence-corrected chi connectivity index (χ1v) is 22.0. The van der Waals surface area contributed by atoms with Crippen LogP contribution in [-0.2, 0) is 0 Å². The summed E-state index contributed by atoms with van der Waals surface area (Å²) in [5, 5.41) is 12.6. The van der Waals surface area contributed by atoms with Gasteiger partial charge in [-0.15, -0.1) is 0 Å². The van der Waals surface area contributed by atoms with E-state index in [0.29, 0.717) is 0 Å². The summed E-state index contributed by atoms with van der Waals surface area (Å²) < 4.78 is 1.93. The summed E-state index contributed by atoms with van der Waals surface area (Å²) in [6.45, 7) is 0. The van der Waals surface area contributed by atoms with Gasteiger partial charge in [0, 0.05) is 28.0 Å². The third-order valence-corrected chi connectivity index (χ3v) is 14.3. The monoisotopic (exact) mass is 799 g/mol. The molecule has 0 radical (unpaired) electrons. The molecule has 292 valence electrons. The Kier molecular flexibility index (Phi) is 7.13. The highest BCUT2D eigenvalue weighted by atomic mass is 16.1. The smallest absolute Gasteiger partial charge is 0.263 e. The maximum absolute atomic E-state index is 13.8. The molecule has 2 heterocycles. The summed E-state index contributed by atoms with van der Waals surface area (Å²) in [5.41, 5.74) is 14.8. The second-order valence-corrected chi connectivity index (χ2v) is 17.4. The standard InChI is InChI=1S/C61H37NO/c63-61-52-23-11-14-37-30-32-51-53-35-42(31-33-54(53)62(61)60(51)59(37)52)58-49-21-9-5-17-45(49)56(46-18-6-10-22-50(46)58)39-27-25-38(26-28-39)55-43-15-3-7-19-47(43)57(48-20-8-4-16-44(48)55)41-29-24-36-12-1-2-13-40(36)34-41/h1-35,47,57H.